The van der Waals surface area contributed by atoms with E-state index in [2.05, 4.69) is 4.98 Å². The molecule has 2 heterocycles. The lowest BCUT2D eigenvalue weighted by Gasteiger charge is -2.35. The lowest BCUT2D eigenvalue weighted by Crippen LogP contribution is -2.39. The van der Waals surface area contributed by atoms with Crippen LogP contribution in [0.1, 0.15) is 11.4 Å². The highest BCUT2D eigenvalue weighted by molar-refractivity contribution is 5.61. The van der Waals surface area contributed by atoms with E-state index in [1.165, 1.54) is 17.0 Å². The fraction of sp³-hybridized carbons (Fsp3) is 0.400. The quantitative estimate of drug-likeness (QED) is 0.828. The van der Waals surface area contributed by atoms with Crippen molar-refractivity contribution in [2.24, 2.45) is 11.7 Å². The highest BCUT2D eigenvalue weighted by atomic mass is 19.4. The van der Waals surface area contributed by atoms with Gasteiger partial charge in [0.1, 0.15) is 5.82 Å². The first-order valence-corrected chi connectivity index (χ1v) is 7.39. The number of rotatable bonds is 2. The largest absolute Gasteiger partial charge is 0.449 e. The van der Waals surface area contributed by atoms with Crippen LogP contribution in [0.2, 0.25) is 0 Å². The summed E-state index contributed by atoms with van der Waals surface area (Å²) in [6.45, 7) is 0.495. The summed E-state index contributed by atoms with van der Waals surface area (Å²) < 4.78 is 78.3. The molecule has 1 aliphatic rings. The van der Waals surface area contributed by atoms with Gasteiger partial charge in [0.2, 0.25) is 5.82 Å². The zero-order chi connectivity index (χ0) is 18.4. The second-order valence-electron chi connectivity index (χ2n) is 5.81. The summed E-state index contributed by atoms with van der Waals surface area (Å²) >= 11 is 0. The van der Waals surface area contributed by atoms with Crippen LogP contribution >= 0.6 is 0 Å². The van der Waals surface area contributed by atoms with Crippen LogP contribution in [0.15, 0.2) is 30.5 Å². The Hall–Kier alpha value is -2.23. The summed E-state index contributed by atoms with van der Waals surface area (Å²) in [5, 5.41) is 0. The van der Waals surface area contributed by atoms with Gasteiger partial charge in [-0.25, -0.2) is 4.98 Å². The Morgan fingerprint density at radius 1 is 1.00 bits per heavy atom. The molecule has 136 valence electrons. The van der Waals surface area contributed by atoms with Crippen molar-refractivity contribution in [2.45, 2.75) is 18.9 Å². The fourth-order valence-corrected chi connectivity index (χ4v) is 2.87. The molecule has 0 fully saturated rings. The number of benzene rings is 1. The Bertz CT molecular complexity index is 747. The number of alkyl halides is 6. The van der Waals surface area contributed by atoms with Crippen molar-refractivity contribution in [3.05, 3.63) is 41.9 Å². The molecule has 0 radical (unpaired) electrons. The summed E-state index contributed by atoms with van der Waals surface area (Å²) in [5.74, 6) is -1.15. The van der Waals surface area contributed by atoms with Gasteiger partial charge in [0.15, 0.2) is 0 Å². The standard InChI is InChI=1S/C15H14F6N4/c16-14(17,18)10-1-3-11(4-2-10)24-7-9(5-22)8-25-12(24)6-23-13(25)15(19,20)21/h1-4,6,9H,5,7-8,22H2. The molecule has 25 heavy (non-hydrogen) atoms. The number of fused-ring (bicyclic) bond motifs is 1. The van der Waals surface area contributed by atoms with Crippen LogP contribution < -0.4 is 10.6 Å². The molecule has 0 saturated carbocycles. The SMILES string of the molecule is NCC1CN(c2ccc(C(F)(F)F)cc2)c2cnc(C(F)(F)F)n2C1. The van der Waals surface area contributed by atoms with Crippen molar-refractivity contribution in [1.82, 2.24) is 9.55 Å². The lowest BCUT2D eigenvalue weighted by atomic mass is 10.1. The highest BCUT2D eigenvalue weighted by Gasteiger charge is 2.40. The highest BCUT2D eigenvalue weighted by Crippen LogP contribution is 2.38. The van der Waals surface area contributed by atoms with Gasteiger partial charge in [-0.2, -0.15) is 26.3 Å². The molecule has 0 bridgehead atoms. The Kier molecular flexibility index (Phi) is 4.18. The lowest BCUT2D eigenvalue weighted by molar-refractivity contribution is -0.147. The van der Waals surface area contributed by atoms with Gasteiger partial charge in [0, 0.05) is 24.7 Å². The summed E-state index contributed by atoms with van der Waals surface area (Å²) in [6.07, 6.45) is -8.03. The zero-order valence-corrected chi connectivity index (χ0v) is 12.8. The van der Waals surface area contributed by atoms with E-state index < -0.39 is 23.7 Å². The second kappa shape index (κ2) is 5.94. The predicted octanol–water partition coefficient (Wildman–Crippen LogP) is 3.65. The van der Waals surface area contributed by atoms with Crippen LogP contribution in [-0.4, -0.2) is 22.6 Å². The molecule has 1 aromatic carbocycles. The van der Waals surface area contributed by atoms with E-state index in [0.29, 0.717) is 12.2 Å². The van der Waals surface area contributed by atoms with Crippen LogP contribution in [0.3, 0.4) is 0 Å². The number of nitrogens with two attached hydrogens (primary N) is 1. The van der Waals surface area contributed by atoms with Crippen molar-refractivity contribution in [1.29, 1.82) is 0 Å². The predicted molar refractivity (Wildman–Crippen MR) is 78.2 cm³/mol. The normalized spacial score (nSPS) is 18.4. The van der Waals surface area contributed by atoms with E-state index >= 15 is 0 Å². The third kappa shape index (κ3) is 3.30. The third-order valence-electron chi connectivity index (χ3n) is 4.09. The van der Waals surface area contributed by atoms with Gasteiger partial charge in [-0.3, -0.25) is 0 Å². The van der Waals surface area contributed by atoms with Crippen molar-refractivity contribution in [3.63, 3.8) is 0 Å². The number of anilines is 2. The molecule has 2 aromatic rings. The number of imidazole rings is 1. The van der Waals surface area contributed by atoms with E-state index in [9.17, 15) is 26.3 Å². The summed E-state index contributed by atoms with van der Waals surface area (Å²) in [6, 6.07) is 4.25. The van der Waals surface area contributed by atoms with Crippen LogP contribution in [-0.2, 0) is 18.9 Å². The van der Waals surface area contributed by atoms with Gasteiger partial charge in [0.05, 0.1) is 11.8 Å². The number of nitrogens with zero attached hydrogens (tertiary/aromatic N) is 3. The topological polar surface area (TPSA) is 47.1 Å². The number of hydrogen-bond acceptors (Lipinski definition) is 3. The molecule has 0 amide bonds. The van der Waals surface area contributed by atoms with Crippen LogP contribution in [0, 0.1) is 5.92 Å². The molecule has 0 aliphatic carbocycles. The van der Waals surface area contributed by atoms with E-state index in [1.807, 2.05) is 0 Å². The maximum absolute atomic E-state index is 13.1. The van der Waals surface area contributed by atoms with Crippen molar-refractivity contribution < 1.29 is 26.3 Å². The minimum absolute atomic E-state index is 0.0534. The molecule has 3 rings (SSSR count). The Labute approximate surface area is 138 Å². The van der Waals surface area contributed by atoms with Gasteiger partial charge in [-0.15, -0.1) is 0 Å². The smallest absolute Gasteiger partial charge is 0.330 e. The Morgan fingerprint density at radius 2 is 1.64 bits per heavy atom. The molecule has 1 unspecified atom stereocenters. The van der Waals surface area contributed by atoms with Crippen molar-refractivity contribution in [3.8, 4) is 0 Å². The Morgan fingerprint density at radius 3 is 2.16 bits per heavy atom. The molecule has 1 atom stereocenters. The maximum Gasteiger partial charge on any atom is 0.449 e. The van der Waals surface area contributed by atoms with Crippen LogP contribution in [0.5, 0.6) is 0 Å². The summed E-state index contributed by atoms with van der Waals surface area (Å²) in [5.41, 5.74) is 5.14. The molecule has 2 N–H and O–H groups in total. The van der Waals surface area contributed by atoms with Crippen molar-refractivity contribution >= 4 is 11.5 Å². The van der Waals surface area contributed by atoms with E-state index in [-0.39, 0.29) is 24.8 Å². The number of hydrogen-bond donors (Lipinski definition) is 1. The summed E-state index contributed by atoms with van der Waals surface area (Å²) in [4.78, 5) is 4.95. The number of halogens is 6. The van der Waals surface area contributed by atoms with Crippen molar-refractivity contribution in [2.75, 3.05) is 18.0 Å². The van der Waals surface area contributed by atoms with E-state index in [0.717, 1.165) is 22.9 Å². The minimum Gasteiger partial charge on any atom is -0.330 e. The van der Waals surface area contributed by atoms with E-state index in [1.54, 1.807) is 0 Å². The molecular weight excluding hydrogens is 350 g/mol. The summed E-state index contributed by atoms with van der Waals surface area (Å²) in [7, 11) is 0. The van der Waals surface area contributed by atoms with Gasteiger partial charge in [0.25, 0.3) is 0 Å². The number of aromatic nitrogens is 2. The first-order valence-electron chi connectivity index (χ1n) is 7.39. The van der Waals surface area contributed by atoms with Crippen LogP contribution in [0.4, 0.5) is 37.8 Å². The maximum atomic E-state index is 13.1. The molecule has 1 aliphatic heterocycles. The third-order valence-corrected chi connectivity index (χ3v) is 4.09. The average Bonchev–Trinajstić information content (AvgIpc) is 2.97. The average molecular weight is 364 g/mol. The first-order chi connectivity index (χ1) is 11.6. The van der Waals surface area contributed by atoms with Gasteiger partial charge < -0.3 is 15.2 Å². The molecular formula is C15H14F6N4. The van der Waals surface area contributed by atoms with Gasteiger partial charge >= 0.3 is 12.4 Å². The molecule has 0 spiro atoms. The fourth-order valence-electron chi connectivity index (χ4n) is 2.87. The zero-order valence-electron chi connectivity index (χ0n) is 12.8. The minimum atomic E-state index is -4.62. The van der Waals surface area contributed by atoms with Gasteiger partial charge in [-0.05, 0) is 30.8 Å². The van der Waals surface area contributed by atoms with Crippen LogP contribution in [0.25, 0.3) is 0 Å². The molecule has 10 heteroatoms. The van der Waals surface area contributed by atoms with Gasteiger partial charge in [-0.1, -0.05) is 0 Å². The monoisotopic (exact) mass is 364 g/mol. The molecule has 4 nitrogen and oxygen atoms in total. The second-order valence-corrected chi connectivity index (χ2v) is 5.81. The Balaban J connectivity index is 2.02. The van der Waals surface area contributed by atoms with E-state index in [4.69, 9.17) is 5.73 Å². The molecule has 1 aromatic heterocycles. The molecule has 0 saturated heterocycles. The first kappa shape index (κ1) is 17.6.